The van der Waals surface area contributed by atoms with E-state index in [1.54, 1.807) is 17.1 Å². The topological polar surface area (TPSA) is 98.8 Å². The van der Waals surface area contributed by atoms with Gasteiger partial charge in [0.05, 0.1) is 36.7 Å². The van der Waals surface area contributed by atoms with Crippen LogP contribution in [0.3, 0.4) is 0 Å². The maximum absolute atomic E-state index is 5.44. The largest absolute Gasteiger partial charge is 0.377 e. The first-order valence-electron chi connectivity index (χ1n) is 9.57. The Morgan fingerprint density at radius 2 is 1.83 bits per heavy atom. The first-order valence-corrected chi connectivity index (χ1v) is 9.57. The summed E-state index contributed by atoms with van der Waals surface area (Å²) in [5.41, 5.74) is 1.02. The lowest BCUT2D eigenvalue weighted by Gasteiger charge is -2.48. The third-order valence-electron chi connectivity index (χ3n) is 5.46. The molecule has 4 aromatic rings. The highest BCUT2D eigenvalue weighted by Gasteiger charge is 2.42. The van der Waals surface area contributed by atoms with Gasteiger partial charge < -0.3 is 15.0 Å². The Kier molecular flexibility index (Phi) is 3.61. The van der Waals surface area contributed by atoms with Crippen molar-refractivity contribution in [1.82, 2.24) is 39.8 Å². The van der Waals surface area contributed by atoms with Crippen LogP contribution in [0.2, 0.25) is 0 Å². The molecule has 6 rings (SSSR count). The summed E-state index contributed by atoms with van der Waals surface area (Å²) in [6, 6.07) is 10.2. The van der Waals surface area contributed by atoms with Gasteiger partial charge in [-0.05, 0) is 12.1 Å². The van der Waals surface area contributed by atoms with E-state index in [0.29, 0.717) is 31.1 Å². The standard InChI is InChI=1S/C19H19N9O/c1-2-4-15-14(3-1)5-8-27(15)17-22-16(23-18(24-17)28-10-7-21-25-28)26-9-6-20-19(11-26)12-29-13-19/h1-5,7-8,10,20H,6,9,11-13H2. The number of benzene rings is 1. The average Bonchev–Trinajstić information content (AvgIpc) is 3.42. The van der Waals surface area contributed by atoms with Gasteiger partial charge in [-0.1, -0.05) is 23.4 Å². The second kappa shape index (κ2) is 6.33. The summed E-state index contributed by atoms with van der Waals surface area (Å²) in [5.74, 6) is 1.63. The third kappa shape index (κ3) is 2.76. The van der Waals surface area contributed by atoms with Crippen LogP contribution >= 0.6 is 0 Å². The summed E-state index contributed by atoms with van der Waals surface area (Å²) < 4.78 is 8.98. The minimum absolute atomic E-state index is 0.0153. The summed E-state index contributed by atoms with van der Waals surface area (Å²) in [6.45, 7) is 3.88. The zero-order valence-corrected chi connectivity index (χ0v) is 15.6. The van der Waals surface area contributed by atoms with Crippen molar-refractivity contribution in [3.8, 4) is 11.9 Å². The molecule has 0 radical (unpaired) electrons. The molecule has 2 saturated heterocycles. The maximum Gasteiger partial charge on any atom is 0.258 e. The lowest BCUT2D eigenvalue weighted by atomic mass is 9.95. The molecule has 2 aliphatic heterocycles. The molecule has 1 spiro atoms. The van der Waals surface area contributed by atoms with Crippen LogP contribution in [0.1, 0.15) is 0 Å². The highest BCUT2D eigenvalue weighted by Crippen LogP contribution is 2.25. The molecular weight excluding hydrogens is 370 g/mol. The number of hydrogen-bond donors (Lipinski definition) is 1. The molecule has 5 heterocycles. The third-order valence-corrected chi connectivity index (χ3v) is 5.46. The molecular formula is C19H19N9O. The Hall–Kier alpha value is -3.37. The van der Waals surface area contributed by atoms with E-state index in [-0.39, 0.29) is 5.54 Å². The van der Waals surface area contributed by atoms with Gasteiger partial charge in [-0.25, -0.2) is 0 Å². The zero-order valence-electron chi connectivity index (χ0n) is 15.6. The fourth-order valence-electron chi connectivity index (χ4n) is 3.94. The van der Waals surface area contributed by atoms with E-state index in [9.17, 15) is 0 Å². The van der Waals surface area contributed by atoms with Gasteiger partial charge >= 0.3 is 0 Å². The molecule has 10 nitrogen and oxygen atoms in total. The number of anilines is 1. The van der Waals surface area contributed by atoms with E-state index in [2.05, 4.69) is 43.7 Å². The van der Waals surface area contributed by atoms with Crippen molar-refractivity contribution < 1.29 is 4.74 Å². The predicted octanol–water partition coefficient (Wildman–Crippen LogP) is 0.575. The van der Waals surface area contributed by atoms with E-state index >= 15 is 0 Å². The van der Waals surface area contributed by atoms with Crippen LogP contribution in [0.25, 0.3) is 22.8 Å². The number of rotatable bonds is 3. The SMILES string of the molecule is c1ccc2c(c1)ccn2-c1nc(N2CCNC3(COC3)C2)nc(-n2ccnn2)n1. The fraction of sp³-hybridized carbons (Fsp3) is 0.316. The lowest BCUT2D eigenvalue weighted by molar-refractivity contribution is -0.0744. The minimum atomic E-state index is -0.0153. The van der Waals surface area contributed by atoms with Crippen molar-refractivity contribution >= 4 is 16.9 Å². The van der Waals surface area contributed by atoms with Crippen LogP contribution in [0.5, 0.6) is 0 Å². The number of ether oxygens (including phenoxy) is 1. The lowest BCUT2D eigenvalue weighted by Crippen LogP contribution is -2.70. The Balaban J connectivity index is 1.48. The number of fused-ring (bicyclic) bond motifs is 1. The number of para-hydroxylation sites is 1. The van der Waals surface area contributed by atoms with Gasteiger partial charge in [0.15, 0.2) is 0 Å². The second-order valence-corrected chi connectivity index (χ2v) is 7.45. The molecule has 0 saturated carbocycles. The van der Waals surface area contributed by atoms with Crippen molar-refractivity contribution in [3.63, 3.8) is 0 Å². The van der Waals surface area contributed by atoms with Gasteiger partial charge in [0, 0.05) is 31.2 Å². The van der Waals surface area contributed by atoms with Gasteiger partial charge in [-0.15, -0.1) is 5.10 Å². The van der Waals surface area contributed by atoms with Crippen LogP contribution in [-0.2, 0) is 4.74 Å². The normalized spacial score (nSPS) is 18.3. The smallest absolute Gasteiger partial charge is 0.258 e. The number of aromatic nitrogens is 7. The first-order chi connectivity index (χ1) is 14.3. The van der Waals surface area contributed by atoms with Crippen LogP contribution < -0.4 is 10.2 Å². The number of nitrogens with zero attached hydrogens (tertiary/aromatic N) is 8. The monoisotopic (exact) mass is 389 g/mol. The first kappa shape index (κ1) is 16.6. The van der Waals surface area contributed by atoms with Crippen molar-refractivity contribution in [1.29, 1.82) is 0 Å². The molecule has 1 aromatic carbocycles. The Labute approximate surface area is 166 Å². The quantitative estimate of drug-likeness (QED) is 0.543. The number of piperazine rings is 1. The predicted molar refractivity (Wildman–Crippen MR) is 105 cm³/mol. The minimum Gasteiger partial charge on any atom is -0.377 e. The van der Waals surface area contributed by atoms with E-state index < -0.39 is 0 Å². The highest BCUT2D eigenvalue weighted by molar-refractivity contribution is 5.81. The Bertz CT molecular complexity index is 1170. The average molecular weight is 389 g/mol. The highest BCUT2D eigenvalue weighted by atomic mass is 16.5. The molecule has 0 aliphatic carbocycles. The fourth-order valence-corrected chi connectivity index (χ4v) is 3.94. The van der Waals surface area contributed by atoms with E-state index in [0.717, 1.165) is 30.5 Å². The summed E-state index contributed by atoms with van der Waals surface area (Å²) in [6.07, 6.45) is 5.32. The van der Waals surface area contributed by atoms with E-state index in [1.165, 1.54) is 0 Å². The van der Waals surface area contributed by atoms with Gasteiger partial charge in [-0.2, -0.15) is 19.6 Å². The molecule has 2 aliphatic rings. The second-order valence-electron chi connectivity index (χ2n) is 7.45. The van der Waals surface area contributed by atoms with Crippen molar-refractivity contribution in [2.75, 3.05) is 37.7 Å². The van der Waals surface area contributed by atoms with E-state index in [4.69, 9.17) is 14.7 Å². The van der Waals surface area contributed by atoms with Gasteiger partial charge in [0.2, 0.25) is 11.9 Å². The number of nitrogens with one attached hydrogen (secondary N) is 1. The Morgan fingerprint density at radius 1 is 0.966 bits per heavy atom. The van der Waals surface area contributed by atoms with Crippen molar-refractivity contribution in [3.05, 3.63) is 48.9 Å². The van der Waals surface area contributed by atoms with Crippen LogP contribution in [0.15, 0.2) is 48.9 Å². The molecule has 1 N–H and O–H groups in total. The van der Waals surface area contributed by atoms with Crippen LogP contribution in [-0.4, -0.2) is 72.9 Å². The molecule has 0 unspecified atom stereocenters. The molecule has 0 amide bonds. The molecule has 2 fully saturated rings. The summed E-state index contributed by atoms with van der Waals surface area (Å²) in [5, 5.41) is 12.7. The van der Waals surface area contributed by atoms with Crippen molar-refractivity contribution in [2.24, 2.45) is 0 Å². The molecule has 3 aromatic heterocycles. The molecule has 29 heavy (non-hydrogen) atoms. The van der Waals surface area contributed by atoms with Gasteiger partial charge in [0.1, 0.15) is 0 Å². The van der Waals surface area contributed by atoms with Gasteiger partial charge in [0.25, 0.3) is 5.95 Å². The maximum atomic E-state index is 5.44. The zero-order chi connectivity index (χ0) is 19.3. The van der Waals surface area contributed by atoms with Crippen molar-refractivity contribution in [2.45, 2.75) is 5.54 Å². The Morgan fingerprint density at radius 3 is 2.66 bits per heavy atom. The molecule has 0 atom stereocenters. The van der Waals surface area contributed by atoms with Crippen LogP contribution in [0.4, 0.5) is 5.95 Å². The van der Waals surface area contributed by atoms with Crippen LogP contribution in [0, 0.1) is 0 Å². The summed E-state index contributed by atoms with van der Waals surface area (Å²) in [7, 11) is 0. The summed E-state index contributed by atoms with van der Waals surface area (Å²) in [4.78, 5) is 16.4. The molecule has 146 valence electrons. The molecule has 10 heteroatoms. The van der Waals surface area contributed by atoms with E-state index in [1.807, 2.05) is 22.9 Å². The summed E-state index contributed by atoms with van der Waals surface area (Å²) >= 11 is 0. The molecule has 0 bridgehead atoms. The number of hydrogen-bond acceptors (Lipinski definition) is 8. The van der Waals surface area contributed by atoms with Gasteiger partial charge in [-0.3, -0.25) is 4.57 Å².